The molecule has 6 nitrogen and oxygen atoms in total. The second-order valence-electron chi connectivity index (χ2n) is 8.05. The Labute approximate surface area is 204 Å². The maximum absolute atomic E-state index is 13.2. The van der Waals surface area contributed by atoms with Gasteiger partial charge < -0.3 is 15.0 Å². The van der Waals surface area contributed by atoms with E-state index in [-0.39, 0.29) is 12.0 Å². The van der Waals surface area contributed by atoms with E-state index in [1.54, 1.807) is 30.5 Å². The van der Waals surface area contributed by atoms with Gasteiger partial charge in [0.15, 0.2) is 0 Å². The molecule has 0 saturated carbocycles. The molecule has 0 spiro atoms. The van der Waals surface area contributed by atoms with Gasteiger partial charge in [-0.15, -0.1) is 13.2 Å². The lowest BCUT2D eigenvalue weighted by Crippen LogP contribution is -2.36. The van der Waals surface area contributed by atoms with Crippen molar-refractivity contribution in [3.8, 4) is 29.0 Å². The minimum Gasteiger partial charge on any atom is -0.405 e. The number of nitriles is 2. The van der Waals surface area contributed by atoms with Crippen LogP contribution in [0, 0.1) is 22.7 Å². The number of amides is 1. The maximum atomic E-state index is 13.2. The molecule has 1 aromatic heterocycles. The number of hydrogen-bond donors (Lipinski definition) is 2. The zero-order valence-electron chi connectivity index (χ0n) is 18.8. The van der Waals surface area contributed by atoms with Gasteiger partial charge in [0.25, 0.3) is 5.91 Å². The quantitative estimate of drug-likeness (QED) is 0.340. The van der Waals surface area contributed by atoms with Gasteiger partial charge in [-0.2, -0.15) is 10.5 Å². The van der Waals surface area contributed by atoms with Crippen LogP contribution in [0.1, 0.15) is 27.9 Å². The van der Waals surface area contributed by atoms with E-state index in [2.05, 4.69) is 15.0 Å². The van der Waals surface area contributed by atoms with Gasteiger partial charge in [0, 0.05) is 23.1 Å². The third-order valence-electron chi connectivity index (χ3n) is 5.59. The summed E-state index contributed by atoms with van der Waals surface area (Å²) in [6.45, 7) is 0. The van der Waals surface area contributed by atoms with E-state index in [9.17, 15) is 23.2 Å². The van der Waals surface area contributed by atoms with E-state index in [1.165, 1.54) is 12.1 Å². The summed E-state index contributed by atoms with van der Waals surface area (Å²) in [4.78, 5) is 16.3. The summed E-state index contributed by atoms with van der Waals surface area (Å²) in [6.07, 6.45) is -2.98. The minimum atomic E-state index is -5.01. The van der Waals surface area contributed by atoms with Crippen LogP contribution in [0.15, 0.2) is 72.9 Å². The summed E-state index contributed by atoms with van der Waals surface area (Å²) in [5.41, 5.74) is 2.76. The van der Waals surface area contributed by atoms with E-state index in [1.807, 2.05) is 36.4 Å². The number of para-hydroxylation sites is 1. The van der Waals surface area contributed by atoms with Crippen molar-refractivity contribution in [2.24, 2.45) is 0 Å². The average Bonchev–Trinajstić information content (AvgIpc) is 3.26. The second kappa shape index (κ2) is 10.2. The number of nitrogens with one attached hydrogen (secondary N) is 2. The van der Waals surface area contributed by atoms with Gasteiger partial charge in [0.1, 0.15) is 5.75 Å². The average molecular weight is 488 g/mol. The number of rotatable bonds is 7. The molecule has 1 amide bonds. The van der Waals surface area contributed by atoms with Crippen molar-refractivity contribution in [3.63, 3.8) is 0 Å². The molecule has 0 aliphatic heterocycles. The van der Waals surface area contributed by atoms with Crippen molar-refractivity contribution in [1.82, 2.24) is 10.3 Å². The topological polar surface area (TPSA) is 102 Å². The predicted molar refractivity (Wildman–Crippen MR) is 127 cm³/mol. The summed E-state index contributed by atoms with van der Waals surface area (Å²) in [5, 5.41) is 22.1. The lowest BCUT2D eigenvalue weighted by atomic mass is 9.99. The highest BCUT2D eigenvalue weighted by Crippen LogP contribution is 2.31. The number of fused-ring (bicyclic) bond motifs is 1. The van der Waals surface area contributed by atoms with Gasteiger partial charge in [-0.3, -0.25) is 4.79 Å². The van der Waals surface area contributed by atoms with Crippen LogP contribution in [0.5, 0.6) is 5.75 Å². The highest BCUT2D eigenvalue weighted by atomic mass is 19.4. The van der Waals surface area contributed by atoms with Crippen molar-refractivity contribution in [3.05, 3.63) is 89.6 Å². The number of ether oxygens (including phenoxy) is 1. The van der Waals surface area contributed by atoms with Crippen LogP contribution in [-0.4, -0.2) is 23.3 Å². The Hall–Kier alpha value is -4.76. The van der Waals surface area contributed by atoms with E-state index in [0.717, 1.165) is 22.5 Å². The highest BCUT2D eigenvalue weighted by molar-refractivity contribution is 5.98. The molecule has 3 aromatic carbocycles. The Balaban J connectivity index is 1.66. The molecule has 9 heteroatoms. The summed E-state index contributed by atoms with van der Waals surface area (Å²) >= 11 is 0. The van der Waals surface area contributed by atoms with Crippen LogP contribution in [0.3, 0.4) is 0 Å². The third-order valence-corrected chi connectivity index (χ3v) is 5.59. The summed E-state index contributed by atoms with van der Waals surface area (Å²) in [5.74, 6) is -1.48. The Bertz CT molecular complexity index is 1500. The van der Waals surface area contributed by atoms with E-state index in [0.29, 0.717) is 23.1 Å². The molecule has 1 unspecified atom stereocenters. The third kappa shape index (κ3) is 5.65. The number of carbonyl (C=O) groups excluding carboxylic acids is 1. The molecule has 1 atom stereocenters. The number of benzene rings is 3. The number of aromatic amines is 1. The smallest absolute Gasteiger partial charge is 0.405 e. The first kappa shape index (κ1) is 24.4. The SMILES string of the molecule is N#CCC(Cc1c[nH]c2ccccc12)NC(=O)c1cc(-c2cccc(C#N)c2)ccc1OC(F)(F)F. The molecule has 0 aliphatic carbocycles. The summed E-state index contributed by atoms with van der Waals surface area (Å²) in [6, 6.07) is 21.1. The zero-order valence-corrected chi connectivity index (χ0v) is 18.8. The van der Waals surface area contributed by atoms with Crippen LogP contribution in [0.25, 0.3) is 22.0 Å². The van der Waals surface area contributed by atoms with Gasteiger partial charge in [-0.25, -0.2) is 0 Å². The standard InChI is InChI=1S/C27H19F3N4O2/c28-27(29,30)36-25-9-8-19(18-5-3-4-17(12-18)15-32)14-23(25)26(35)34-21(10-11-31)13-20-16-33-24-7-2-1-6-22(20)24/h1-9,12,14,16,21,33H,10,13H2,(H,34,35). The van der Waals surface area contributed by atoms with Crippen LogP contribution in [0.2, 0.25) is 0 Å². The number of halogens is 3. The zero-order chi connectivity index (χ0) is 25.7. The van der Waals surface area contributed by atoms with Crippen molar-refractivity contribution < 1.29 is 22.7 Å². The van der Waals surface area contributed by atoms with Gasteiger partial charge in [-0.05, 0) is 53.4 Å². The molecule has 0 radical (unpaired) electrons. The monoisotopic (exact) mass is 488 g/mol. The highest BCUT2D eigenvalue weighted by Gasteiger charge is 2.33. The number of alkyl halides is 3. The Morgan fingerprint density at radius 3 is 2.56 bits per heavy atom. The lowest BCUT2D eigenvalue weighted by Gasteiger charge is -2.19. The van der Waals surface area contributed by atoms with Crippen LogP contribution < -0.4 is 10.1 Å². The number of nitrogens with zero attached hydrogens (tertiary/aromatic N) is 2. The van der Waals surface area contributed by atoms with Crippen molar-refractivity contribution in [2.75, 3.05) is 0 Å². The number of carbonyl (C=O) groups is 1. The molecular formula is C27H19F3N4O2. The lowest BCUT2D eigenvalue weighted by molar-refractivity contribution is -0.274. The summed E-state index contributed by atoms with van der Waals surface area (Å²) < 4.78 is 43.3. The Morgan fingerprint density at radius 2 is 1.81 bits per heavy atom. The molecule has 4 rings (SSSR count). The van der Waals surface area contributed by atoms with Gasteiger partial charge in [-0.1, -0.05) is 36.4 Å². The summed E-state index contributed by atoms with van der Waals surface area (Å²) in [7, 11) is 0. The molecule has 4 aromatic rings. The van der Waals surface area contributed by atoms with Gasteiger partial charge in [0.05, 0.1) is 29.7 Å². The maximum Gasteiger partial charge on any atom is 0.573 e. The van der Waals surface area contributed by atoms with Crippen molar-refractivity contribution in [2.45, 2.75) is 25.2 Å². The number of hydrogen-bond acceptors (Lipinski definition) is 4. The van der Waals surface area contributed by atoms with Gasteiger partial charge in [0.2, 0.25) is 0 Å². The molecule has 0 bridgehead atoms. The van der Waals surface area contributed by atoms with E-state index >= 15 is 0 Å². The largest absolute Gasteiger partial charge is 0.573 e. The van der Waals surface area contributed by atoms with Crippen molar-refractivity contribution in [1.29, 1.82) is 10.5 Å². The Kier molecular flexibility index (Phi) is 6.93. The first-order valence-corrected chi connectivity index (χ1v) is 10.9. The van der Waals surface area contributed by atoms with Crippen LogP contribution in [0.4, 0.5) is 13.2 Å². The van der Waals surface area contributed by atoms with Crippen LogP contribution in [-0.2, 0) is 6.42 Å². The molecule has 0 fully saturated rings. The normalized spacial score (nSPS) is 11.9. The van der Waals surface area contributed by atoms with E-state index in [4.69, 9.17) is 5.26 Å². The molecule has 0 aliphatic rings. The van der Waals surface area contributed by atoms with Crippen LogP contribution >= 0.6 is 0 Å². The Morgan fingerprint density at radius 1 is 1.03 bits per heavy atom. The fourth-order valence-corrected chi connectivity index (χ4v) is 3.98. The first-order chi connectivity index (χ1) is 17.3. The molecule has 2 N–H and O–H groups in total. The first-order valence-electron chi connectivity index (χ1n) is 10.9. The predicted octanol–water partition coefficient (Wildman–Crippen LogP) is 5.86. The molecule has 180 valence electrons. The molecule has 0 saturated heterocycles. The minimum absolute atomic E-state index is 0.0510. The number of H-pyrrole nitrogens is 1. The second-order valence-corrected chi connectivity index (χ2v) is 8.05. The fourth-order valence-electron chi connectivity index (χ4n) is 3.98. The van der Waals surface area contributed by atoms with Gasteiger partial charge >= 0.3 is 6.36 Å². The molecular weight excluding hydrogens is 469 g/mol. The fraction of sp³-hybridized carbons (Fsp3) is 0.148. The van der Waals surface area contributed by atoms with E-state index < -0.39 is 24.1 Å². The molecule has 1 heterocycles. The number of aromatic nitrogens is 1. The molecule has 36 heavy (non-hydrogen) atoms. The van der Waals surface area contributed by atoms with Crippen molar-refractivity contribution >= 4 is 16.8 Å².